The van der Waals surface area contributed by atoms with Gasteiger partial charge in [-0.3, -0.25) is 9.10 Å². The number of carbonyl (C=O) groups is 1. The minimum absolute atomic E-state index is 0.267. The Hall–Kier alpha value is -1.96. The number of amides is 1. The molecule has 1 aliphatic rings. The SMILES string of the molecule is CC(C)CCNC(=O)CN(c1ccc2c(c1)OCCO2)S(C)(=O)=O. The van der Waals surface area contributed by atoms with Crippen LogP contribution in [0, 0.1) is 5.92 Å². The molecular weight excluding hydrogens is 332 g/mol. The van der Waals surface area contributed by atoms with E-state index in [9.17, 15) is 13.2 Å². The number of nitrogens with zero attached hydrogens (tertiary/aromatic N) is 1. The summed E-state index contributed by atoms with van der Waals surface area (Å²) in [5, 5.41) is 2.75. The molecule has 0 aromatic heterocycles. The van der Waals surface area contributed by atoms with E-state index in [4.69, 9.17) is 9.47 Å². The van der Waals surface area contributed by atoms with Crippen molar-refractivity contribution in [1.82, 2.24) is 5.32 Å². The summed E-state index contributed by atoms with van der Waals surface area (Å²) in [6.45, 7) is 5.24. The van der Waals surface area contributed by atoms with Gasteiger partial charge in [-0.05, 0) is 24.5 Å². The van der Waals surface area contributed by atoms with Gasteiger partial charge in [-0.25, -0.2) is 8.42 Å². The third-order valence-corrected chi connectivity index (χ3v) is 4.69. The first-order chi connectivity index (χ1) is 11.3. The number of sulfonamides is 1. The molecule has 1 aliphatic heterocycles. The zero-order valence-corrected chi connectivity index (χ0v) is 15.1. The Morgan fingerprint density at radius 2 is 1.92 bits per heavy atom. The average molecular weight is 356 g/mol. The summed E-state index contributed by atoms with van der Waals surface area (Å²) in [6.07, 6.45) is 1.92. The predicted molar refractivity (Wildman–Crippen MR) is 92.1 cm³/mol. The fourth-order valence-electron chi connectivity index (χ4n) is 2.27. The van der Waals surface area contributed by atoms with E-state index in [-0.39, 0.29) is 12.5 Å². The summed E-state index contributed by atoms with van der Waals surface area (Å²) in [5.74, 6) is 1.18. The topological polar surface area (TPSA) is 84.9 Å². The Kier molecular flexibility index (Phi) is 5.93. The molecule has 0 bridgehead atoms. The molecule has 1 heterocycles. The first-order valence-electron chi connectivity index (χ1n) is 7.91. The first kappa shape index (κ1) is 18.4. The van der Waals surface area contributed by atoms with Crippen LogP contribution in [0.1, 0.15) is 20.3 Å². The number of anilines is 1. The molecule has 2 rings (SSSR count). The van der Waals surface area contributed by atoms with Crippen molar-refractivity contribution in [3.05, 3.63) is 18.2 Å². The molecule has 1 N–H and O–H groups in total. The normalized spacial score (nSPS) is 13.7. The van der Waals surface area contributed by atoms with Crippen molar-refractivity contribution in [1.29, 1.82) is 0 Å². The van der Waals surface area contributed by atoms with Crippen molar-refractivity contribution < 1.29 is 22.7 Å². The number of fused-ring (bicyclic) bond motifs is 1. The number of carbonyl (C=O) groups excluding carboxylic acids is 1. The monoisotopic (exact) mass is 356 g/mol. The Balaban J connectivity index is 2.13. The second-order valence-electron chi connectivity index (χ2n) is 6.13. The zero-order chi connectivity index (χ0) is 17.7. The van der Waals surface area contributed by atoms with Crippen LogP contribution in [0.3, 0.4) is 0 Å². The van der Waals surface area contributed by atoms with Gasteiger partial charge in [0.1, 0.15) is 19.8 Å². The molecule has 24 heavy (non-hydrogen) atoms. The van der Waals surface area contributed by atoms with E-state index in [1.807, 2.05) is 0 Å². The molecule has 0 radical (unpaired) electrons. The summed E-state index contributed by atoms with van der Waals surface area (Å²) in [4.78, 5) is 12.1. The van der Waals surface area contributed by atoms with E-state index in [1.54, 1.807) is 18.2 Å². The van der Waals surface area contributed by atoms with Gasteiger partial charge in [0.05, 0.1) is 11.9 Å². The van der Waals surface area contributed by atoms with Crippen molar-refractivity contribution in [2.45, 2.75) is 20.3 Å². The minimum atomic E-state index is -3.60. The Bertz CT molecular complexity index is 688. The molecule has 0 saturated carbocycles. The quantitative estimate of drug-likeness (QED) is 0.798. The van der Waals surface area contributed by atoms with Gasteiger partial charge in [-0.1, -0.05) is 13.8 Å². The van der Waals surface area contributed by atoms with Crippen LogP contribution in [0.2, 0.25) is 0 Å². The van der Waals surface area contributed by atoms with Gasteiger partial charge in [-0.15, -0.1) is 0 Å². The molecule has 0 fully saturated rings. The van der Waals surface area contributed by atoms with Gasteiger partial charge >= 0.3 is 0 Å². The van der Waals surface area contributed by atoms with Crippen molar-refractivity contribution in [3.63, 3.8) is 0 Å². The van der Waals surface area contributed by atoms with Crippen molar-refractivity contribution in [2.75, 3.05) is 36.9 Å². The van der Waals surface area contributed by atoms with Crippen LogP contribution >= 0.6 is 0 Å². The summed E-state index contributed by atoms with van der Waals surface area (Å²) < 4.78 is 36.2. The number of hydrogen-bond donors (Lipinski definition) is 1. The second kappa shape index (κ2) is 7.74. The molecule has 0 unspecified atom stereocenters. The number of ether oxygens (including phenoxy) is 2. The van der Waals surface area contributed by atoms with E-state index in [0.717, 1.165) is 17.0 Å². The van der Waals surface area contributed by atoms with Gasteiger partial charge in [0.2, 0.25) is 15.9 Å². The highest BCUT2D eigenvalue weighted by atomic mass is 32.2. The van der Waals surface area contributed by atoms with Gasteiger partial charge in [0, 0.05) is 12.6 Å². The van der Waals surface area contributed by atoms with Crippen LogP contribution < -0.4 is 19.1 Å². The number of nitrogens with one attached hydrogen (secondary N) is 1. The van der Waals surface area contributed by atoms with E-state index in [0.29, 0.717) is 42.9 Å². The van der Waals surface area contributed by atoms with E-state index in [1.165, 1.54) is 0 Å². The molecule has 8 heteroatoms. The molecule has 0 spiro atoms. The number of benzene rings is 1. The lowest BCUT2D eigenvalue weighted by Gasteiger charge is -2.24. The molecule has 0 aliphatic carbocycles. The molecule has 1 aromatic rings. The lowest BCUT2D eigenvalue weighted by molar-refractivity contribution is -0.119. The maximum atomic E-state index is 12.1. The Morgan fingerprint density at radius 1 is 1.25 bits per heavy atom. The molecule has 0 atom stereocenters. The summed E-state index contributed by atoms with van der Waals surface area (Å²) in [6, 6.07) is 4.84. The summed E-state index contributed by atoms with van der Waals surface area (Å²) in [7, 11) is -3.60. The van der Waals surface area contributed by atoms with Crippen molar-refractivity contribution in [2.24, 2.45) is 5.92 Å². The Morgan fingerprint density at radius 3 is 2.54 bits per heavy atom. The predicted octanol–water partition coefficient (Wildman–Crippen LogP) is 1.39. The number of hydrogen-bond acceptors (Lipinski definition) is 5. The van der Waals surface area contributed by atoms with Crippen LogP contribution in [0.4, 0.5) is 5.69 Å². The molecule has 7 nitrogen and oxygen atoms in total. The highest BCUT2D eigenvalue weighted by Crippen LogP contribution is 2.34. The van der Waals surface area contributed by atoms with Crippen LogP contribution in [0.15, 0.2) is 18.2 Å². The third kappa shape index (κ3) is 5.02. The van der Waals surface area contributed by atoms with E-state index >= 15 is 0 Å². The molecular formula is C16H24N2O5S. The fraction of sp³-hybridized carbons (Fsp3) is 0.562. The van der Waals surface area contributed by atoms with Crippen LogP contribution in [-0.4, -0.2) is 46.9 Å². The Labute approximate surface area is 143 Å². The fourth-order valence-corrected chi connectivity index (χ4v) is 3.12. The number of rotatable bonds is 7. The van der Waals surface area contributed by atoms with E-state index < -0.39 is 10.0 Å². The van der Waals surface area contributed by atoms with Crippen molar-refractivity contribution >= 4 is 21.6 Å². The standard InChI is InChI=1S/C16H24N2O5S/c1-12(2)6-7-17-16(19)11-18(24(3,20)21)13-4-5-14-15(10-13)23-9-8-22-14/h4-5,10,12H,6-9,11H2,1-3H3,(H,17,19). The maximum absolute atomic E-state index is 12.1. The average Bonchev–Trinajstić information content (AvgIpc) is 2.50. The minimum Gasteiger partial charge on any atom is -0.486 e. The zero-order valence-electron chi connectivity index (χ0n) is 14.2. The summed E-state index contributed by atoms with van der Waals surface area (Å²) in [5.41, 5.74) is 0.376. The van der Waals surface area contributed by atoms with Crippen LogP contribution in [0.25, 0.3) is 0 Å². The second-order valence-corrected chi connectivity index (χ2v) is 8.04. The highest BCUT2D eigenvalue weighted by Gasteiger charge is 2.23. The molecule has 134 valence electrons. The third-order valence-electron chi connectivity index (χ3n) is 3.55. The first-order valence-corrected chi connectivity index (χ1v) is 9.76. The lowest BCUT2D eigenvalue weighted by atomic mass is 10.1. The van der Waals surface area contributed by atoms with Gasteiger partial charge in [0.25, 0.3) is 0 Å². The molecule has 1 aromatic carbocycles. The smallest absolute Gasteiger partial charge is 0.240 e. The van der Waals surface area contributed by atoms with E-state index in [2.05, 4.69) is 19.2 Å². The highest BCUT2D eigenvalue weighted by molar-refractivity contribution is 7.92. The molecule has 1 amide bonds. The van der Waals surface area contributed by atoms with Crippen LogP contribution in [0.5, 0.6) is 11.5 Å². The molecule has 0 saturated heterocycles. The van der Waals surface area contributed by atoms with Gasteiger partial charge < -0.3 is 14.8 Å². The van der Waals surface area contributed by atoms with Gasteiger partial charge in [0.15, 0.2) is 11.5 Å². The summed E-state index contributed by atoms with van der Waals surface area (Å²) >= 11 is 0. The van der Waals surface area contributed by atoms with Crippen LogP contribution in [-0.2, 0) is 14.8 Å². The lowest BCUT2D eigenvalue weighted by Crippen LogP contribution is -2.40. The largest absolute Gasteiger partial charge is 0.486 e. The maximum Gasteiger partial charge on any atom is 0.240 e. The van der Waals surface area contributed by atoms with Crippen molar-refractivity contribution in [3.8, 4) is 11.5 Å². The van der Waals surface area contributed by atoms with Gasteiger partial charge in [-0.2, -0.15) is 0 Å².